The van der Waals surface area contributed by atoms with Crippen LogP contribution in [-0.4, -0.2) is 16.3 Å². The van der Waals surface area contributed by atoms with Crippen LogP contribution in [0.3, 0.4) is 0 Å². The smallest absolute Gasteiger partial charge is 0.252 e. The number of rotatable bonds is 4. The molecule has 1 unspecified atom stereocenters. The van der Waals surface area contributed by atoms with Crippen LogP contribution in [0.4, 0.5) is 0 Å². The molecular formula is C12H17N3O. The van der Waals surface area contributed by atoms with E-state index in [4.69, 9.17) is 10.00 Å². The molecule has 0 aliphatic heterocycles. The van der Waals surface area contributed by atoms with Gasteiger partial charge in [0.2, 0.25) is 0 Å². The summed E-state index contributed by atoms with van der Waals surface area (Å²) in [7, 11) is 0. The highest BCUT2D eigenvalue weighted by Crippen LogP contribution is 2.20. The maximum absolute atomic E-state index is 9.07. The highest BCUT2D eigenvalue weighted by Gasteiger charge is 2.14. The number of aromatic nitrogens is 2. The van der Waals surface area contributed by atoms with Gasteiger partial charge in [-0.3, -0.25) is 0 Å². The molecule has 0 radical (unpaired) electrons. The molecule has 0 aliphatic carbocycles. The van der Waals surface area contributed by atoms with E-state index in [0.29, 0.717) is 11.4 Å². The van der Waals surface area contributed by atoms with E-state index in [9.17, 15) is 0 Å². The van der Waals surface area contributed by atoms with Crippen LogP contribution >= 0.6 is 0 Å². The summed E-state index contributed by atoms with van der Waals surface area (Å²) in [6.07, 6.45) is 2.05. The number of nitrogens with zero attached hydrogens (tertiary/aromatic N) is 3. The Kier molecular flexibility index (Phi) is 4.24. The van der Waals surface area contributed by atoms with Crippen molar-refractivity contribution in [1.82, 2.24) is 10.2 Å². The first-order valence-electron chi connectivity index (χ1n) is 5.50. The van der Waals surface area contributed by atoms with Gasteiger partial charge in [-0.2, -0.15) is 10.4 Å². The number of nitriles is 1. The Morgan fingerprint density at radius 1 is 1.38 bits per heavy atom. The second-order valence-corrected chi connectivity index (χ2v) is 3.92. The zero-order valence-corrected chi connectivity index (χ0v) is 10.2. The standard InChI is InChI=1S/C12H17N3O/c1-5-6-8(2)16-12-11(7-13)9(3)10(4)14-15-12/h8H,5-6H2,1-4H3. The third kappa shape index (κ3) is 2.69. The molecule has 16 heavy (non-hydrogen) atoms. The number of aryl methyl sites for hydroxylation is 1. The van der Waals surface area contributed by atoms with Crippen molar-refractivity contribution in [2.75, 3.05) is 0 Å². The minimum Gasteiger partial charge on any atom is -0.473 e. The second kappa shape index (κ2) is 5.45. The molecule has 1 rings (SSSR count). The normalized spacial score (nSPS) is 11.9. The third-order valence-electron chi connectivity index (χ3n) is 2.54. The predicted octanol–water partition coefficient (Wildman–Crippen LogP) is 2.53. The third-order valence-corrected chi connectivity index (χ3v) is 2.54. The SMILES string of the molecule is CCCC(C)Oc1nnc(C)c(C)c1C#N. The van der Waals surface area contributed by atoms with E-state index < -0.39 is 0 Å². The van der Waals surface area contributed by atoms with Crippen LogP contribution in [0.25, 0.3) is 0 Å². The first-order chi connectivity index (χ1) is 7.60. The summed E-state index contributed by atoms with van der Waals surface area (Å²) in [5, 5.41) is 17.0. The Bertz CT molecular complexity index is 409. The van der Waals surface area contributed by atoms with E-state index in [1.54, 1.807) is 0 Å². The first kappa shape index (κ1) is 12.4. The lowest BCUT2D eigenvalue weighted by molar-refractivity contribution is 0.198. The van der Waals surface area contributed by atoms with Gasteiger partial charge in [-0.05, 0) is 32.8 Å². The van der Waals surface area contributed by atoms with Gasteiger partial charge in [0, 0.05) is 0 Å². The minimum atomic E-state index is 0.0634. The fraction of sp³-hybridized carbons (Fsp3) is 0.583. The molecule has 1 heterocycles. The Labute approximate surface area is 96.3 Å². The van der Waals surface area contributed by atoms with Crippen molar-refractivity contribution in [2.45, 2.75) is 46.6 Å². The van der Waals surface area contributed by atoms with Crippen molar-refractivity contribution in [1.29, 1.82) is 5.26 Å². The Morgan fingerprint density at radius 2 is 2.06 bits per heavy atom. The van der Waals surface area contributed by atoms with Gasteiger partial charge < -0.3 is 4.74 Å². The lowest BCUT2D eigenvalue weighted by atomic mass is 10.1. The van der Waals surface area contributed by atoms with Crippen LogP contribution in [0.2, 0.25) is 0 Å². The highest BCUT2D eigenvalue weighted by molar-refractivity contribution is 5.44. The summed E-state index contributed by atoms with van der Waals surface area (Å²) in [6, 6.07) is 2.12. The molecule has 86 valence electrons. The summed E-state index contributed by atoms with van der Waals surface area (Å²) >= 11 is 0. The van der Waals surface area contributed by atoms with Crippen molar-refractivity contribution in [3.8, 4) is 11.9 Å². The van der Waals surface area contributed by atoms with Crippen molar-refractivity contribution in [3.05, 3.63) is 16.8 Å². The second-order valence-electron chi connectivity index (χ2n) is 3.92. The molecular weight excluding hydrogens is 202 g/mol. The van der Waals surface area contributed by atoms with E-state index in [1.165, 1.54) is 0 Å². The summed E-state index contributed by atoms with van der Waals surface area (Å²) in [5.41, 5.74) is 2.11. The molecule has 0 amide bonds. The summed E-state index contributed by atoms with van der Waals surface area (Å²) in [5.74, 6) is 0.353. The fourth-order valence-corrected chi connectivity index (χ4v) is 1.46. The largest absolute Gasteiger partial charge is 0.473 e. The molecule has 0 aliphatic rings. The number of hydrogen-bond donors (Lipinski definition) is 0. The van der Waals surface area contributed by atoms with Crippen LogP contribution in [-0.2, 0) is 0 Å². The van der Waals surface area contributed by atoms with Gasteiger partial charge in [0.25, 0.3) is 5.88 Å². The molecule has 4 heteroatoms. The first-order valence-corrected chi connectivity index (χ1v) is 5.50. The maximum Gasteiger partial charge on any atom is 0.252 e. The molecule has 0 saturated heterocycles. The van der Waals surface area contributed by atoms with Gasteiger partial charge in [0.1, 0.15) is 11.6 Å². The van der Waals surface area contributed by atoms with E-state index in [0.717, 1.165) is 24.1 Å². The van der Waals surface area contributed by atoms with Crippen LogP contribution in [0.5, 0.6) is 5.88 Å². The maximum atomic E-state index is 9.07. The quantitative estimate of drug-likeness (QED) is 0.780. The Morgan fingerprint density at radius 3 is 2.62 bits per heavy atom. The predicted molar refractivity (Wildman–Crippen MR) is 61.2 cm³/mol. The highest BCUT2D eigenvalue weighted by atomic mass is 16.5. The molecule has 0 saturated carbocycles. The van der Waals surface area contributed by atoms with Gasteiger partial charge in [-0.25, -0.2) is 0 Å². The summed E-state index contributed by atoms with van der Waals surface area (Å²) in [4.78, 5) is 0. The van der Waals surface area contributed by atoms with Crippen molar-refractivity contribution in [2.24, 2.45) is 0 Å². The van der Waals surface area contributed by atoms with Crippen LogP contribution in [0.15, 0.2) is 0 Å². The molecule has 1 atom stereocenters. The number of hydrogen-bond acceptors (Lipinski definition) is 4. The molecule has 4 nitrogen and oxygen atoms in total. The van der Waals surface area contributed by atoms with Gasteiger partial charge in [-0.15, -0.1) is 5.10 Å². The lowest BCUT2D eigenvalue weighted by Gasteiger charge is -2.14. The van der Waals surface area contributed by atoms with Gasteiger partial charge >= 0.3 is 0 Å². The topological polar surface area (TPSA) is 58.8 Å². The minimum absolute atomic E-state index is 0.0634. The van der Waals surface area contributed by atoms with Crippen molar-refractivity contribution in [3.63, 3.8) is 0 Å². The average Bonchev–Trinajstić information content (AvgIpc) is 2.24. The monoisotopic (exact) mass is 219 g/mol. The Hall–Kier alpha value is -1.63. The molecule has 0 bridgehead atoms. The summed E-state index contributed by atoms with van der Waals surface area (Å²) < 4.78 is 5.62. The van der Waals surface area contributed by atoms with E-state index in [2.05, 4.69) is 23.2 Å². The van der Waals surface area contributed by atoms with Gasteiger partial charge in [-0.1, -0.05) is 13.3 Å². The molecule has 0 fully saturated rings. The molecule has 1 aromatic rings. The Balaban J connectivity index is 2.97. The van der Waals surface area contributed by atoms with Crippen LogP contribution in [0, 0.1) is 25.2 Å². The lowest BCUT2D eigenvalue weighted by Crippen LogP contribution is -2.14. The van der Waals surface area contributed by atoms with E-state index in [1.807, 2.05) is 20.8 Å². The zero-order chi connectivity index (χ0) is 12.1. The van der Waals surface area contributed by atoms with Crippen molar-refractivity contribution < 1.29 is 4.74 Å². The summed E-state index contributed by atoms with van der Waals surface area (Å²) in [6.45, 7) is 7.76. The van der Waals surface area contributed by atoms with E-state index in [-0.39, 0.29) is 6.10 Å². The van der Waals surface area contributed by atoms with Gasteiger partial charge in [0.15, 0.2) is 0 Å². The molecule has 0 spiro atoms. The molecule has 0 aromatic carbocycles. The zero-order valence-electron chi connectivity index (χ0n) is 10.2. The van der Waals surface area contributed by atoms with E-state index >= 15 is 0 Å². The average molecular weight is 219 g/mol. The van der Waals surface area contributed by atoms with Gasteiger partial charge in [0.05, 0.1) is 11.8 Å². The van der Waals surface area contributed by atoms with Crippen LogP contribution in [0.1, 0.15) is 43.5 Å². The van der Waals surface area contributed by atoms with Crippen LogP contribution < -0.4 is 4.74 Å². The fourth-order valence-electron chi connectivity index (χ4n) is 1.46. The number of ether oxygens (including phenoxy) is 1. The van der Waals surface area contributed by atoms with Crippen molar-refractivity contribution >= 4 is 0 Å². The molecule has 1 aromatic heterocycles. The molecule has 0 N–H and O–H groups in total.